The molecule has 1 atom stereocenters. The molecule has 2 nitrogen and oxygen atoms in total. The van der Waals surface area contributed by atoms with E-state index in [1.807, 2.05) is 0 Å². The molecule has 0 amide bonds. The van der Waals surface area contributed by atoms with Crippen LogP contribution in [0, 0.1) is 0 Å². The highest BCUT2D eigenvalue weighted by Gasteiger charge is 2.07. The number of benzene rings is 2. The number of rotatable bonds is 27. The lowest BCUT2D eigenvalue weighted by molar-refractivity contribution is 0.0627. The molecule has 0 fully saturated rings. The maximum atomic E-state index is 6.14. The van der Waals surface area contributed by atoms with Crippen LogP contribution in [0.15, 0.2) is 48.5 Å². The van der Waals surface area contributed by atoms with E-state index in [9.17, 15) is 0 Å². The van der Waals surface area contributed by atoms with Gasteiger partial charge in [-0.3, -0.25) is 0 Å². The van der Waals surface area contributed by atoms with Crippen LogP contribution in [0.1, 0.15) is 167 Å². The molecule has 2 aromatic rings. The lowest BCUT2D eigenvalue weighted by atomic mass is 10.0. The van der Waals surface area contributed by atoms with Crippen molar-refractivity contribution in [3.63, 3.8) is 0 Å². The summed E-state index contributed by atoms with van der Waals surface area (Å²) in [5, 5.41) is 0. The SMILES string of the molecule is CCCCCCCCCCCCCOc1ccc(-c2ccc(C(C)OCCCCCCCCCCCC)cc2)cc1. The van der Waals surface area contributed by atoms with Crippen LogP contribution in [0.2, 0.25) is 0 Å². The first kappa shape index (κ1) is 35.4. The Hall–Kier alpha value is -1.80. The van der Waals surface area contributed by atoms with Crippen LogP contribution in [0.25, 0.3) is 11.1 Å². The average molecular weight is 565 g/mol. The Morgan fingerprint density at radius 2 is 0.805 bits per heavy atom. The quantitative estimate of drug-likeness (QED) is 0.100. The fourth-order valence-corrected chi connectivity index (χ4v) is 5.59. The van der Waals surface area contributed by atoms with Crippen LogP contribution in [-0.4, -0.2) is 13.2 Å². The summed E-state index contributed by atoms with van der Waals surface area (Å²) in [5.74, 6) is 0.978. The van der Waals surface area contributed by atoms with E-state index in [0.717, 1.165) is 25.4 Å². The molecule has 232 valence electrons. The molecule has 41 heavy (non-hydrogen) atoms. The molecule has 0 spiro atoms. The first-order chi connectivity index (χ1) is 20.2. The van der Waals surface area contributed by atoms with Gasteiger partial charge in [-0.2, -0.15) is 0 Å². The second-order valence-corrected chi connectivity index (χ2v) is 12.2. The van der Waals surface area contributed by atoms with Crippen LogP contribution in [0.3, 0.4) is 0 Å². The minimum absolute atomic E-state index is 0.147. The third-order valence-electron chi connectivity index (χ3n) is 8.45. The molecule has 0 aliphatic rings. The van der Waals surface area contributed by atoms with Gasteiger partial charge in [0.05, 0.1) is 12.7 Å². The molecule has 0 aliphatic heterocycles. The summed E-state index contributed by atoms with van der Waals surface area (Å²) >= 11 is 0. The highest BCUT2D eigenvalue weighted by atomic mass is 16.5. The van der Waals surface area contributed by atoms with E-state index in [1.165, 1.54) is 145 Å². The van der Waals surface area contributed by atoms with Crippen LogP contribution >= 0.6 is 0 Å². The van der Waals surface area contributed by atoms with E-state index < -0.39 is 0 Å². The summed E-state index contributed by atoms with van der Waals surface area (Å²) in [7, 11) is 0. The second-order valence-electron chi connectivity index (χ2n) is 12.2. The van der Waals surface area contributed by atoms with E-state index in [1.54, 1.807) is 0 Å². The van der Waals surface area contributed by atoms with Crippen molar-refractivity contribution in [1.29, 1.82) is 0 Å². The zero-order chi connectivity index (χ0) is 29.2. The second kappa shape index (κ2) is 24.8. The van der Waals surface area contributed by atoms with Crippen LogP contribution in [-0.2, 0) is 4.74 Å². The van der Waals surface area contributed by atoms with Crippen LogP contribution in [0.5, 0.6) is 5.75 Å². The monoisotopic (exact) mass is 564 g/mol. The van der Waals surface area contributed by atoms with Gasteiger partial charge < -0.3 is 9.47 Å². The number of hydrogen-bond acceptors (Lipinski definition) is 2. The first-order valence-electron chi connectivity index (χ1n) is 17.7. The largest absolute Gasteiger partial charge is 0.494 e. The molecule has 0 aliphatic carbocycles. The van der Waals surface area contributed by atoms with E-state index in [-0.39, 0.29) is 6.10 Å². The number of unbranched alkanes of at least 4 members (excludes halogenated alkanes) is 19. The summed E-state index contributed by atoms with van der Waals surface area (Å²) in [6, 6.07) is 17.4. The molecule has 2 heteroatoms. The molecular weight excluding hydrogens is 500 g/mol. The Morgan fingerprint density at radius 1 is 0.439 bits per heavy atom. The minimum atomic E-state index is 0.147. The Balaban J connectivity index is 1.52. The van der Waals surface area contributed by atoms with E-state index >= 15 is 0 Å². The smallest absolute Gasteiger partial charge is 0.119 e. The highest BCUT2D eigenvalue weighted by Crippen LogP contribution is 2.26. The van der Waals surface area contributed by atoms with Gasteiger partial charge in [0.2, 0.25) is 0 Å². The van der Waals surface area contributed by atoms with Gasteiger partial charge in [-0.05, 0) is 48.6 Å². The maximum absolute atomic E-state index is 6.14. The Morgan fingerprint density at radius 3 is 1.24 bits per heavy atom. The van der Waals surface area contributed by atoms with E-state index in [0.29, 0.717) is 0 Å². The van der Waals surface area contributed by atoms with Gasteiger partial charge in [0.25, 0.3) is 0 Å². The standard InChI is InChI=1S/C39H64O2/c1-4-6-8-10-12-14-16-18-20-22-24-34-41-39-31-29-38(30-32-39)37-27-25-36(26-28-37)35(3)40-33-23-21-19-17-15-13-11-9-7-5-2/h25-32,35H,4-24,33-34H2,1-3H3. The summed E-state index contributed by atoms with van der Waals surface area (Å²) in [5.41, 5.74) is 3.73. The van der Waals surface area contributed by atoms with E-state index in [2.05, 4.69) is 69.3 Å². The van der Waals surface area contributed by atoms with Crippen LogP contribution in [0.4, 0.5) is 0 Å². The molecule has 0 saturated carbocycles. The predicted molar refractivity (Wildman–Crippen MR) is 180 cm³/mol. The summed E-state index contributed by atoms with van der Waals surface area (Å²) in [6.07, 6.45) is 28.8. The number of ether oxygens (including phenoxy) is 2. The van der Waals surface area contributed by atoms with Gasteiger partial charge in [-0.25, -0.2) is 0 Å². The Kier molecular flexibility index (Phi) is 21.4. The normalized spacial score (nSPS) is 12.1. The van der Waals surface area contributed by atoms with E-state index in [4.69, 9.17) is 9.47 Å². The predicted octanol–water partition coefficient (Wildman–Crippen LogP) is 13.0. The van der Waals surface area contributed by atoms with Gasteiger partial charge >= 0.3 is 0 Å². The molecule has 0 bridgehead atoms. The molecule has 1 unspecified atom stereocenters. The van der Waals surface area contributed by atoms with Crippen molar-refractivity contribution in [3.8, 4) is 16.9 Å². The summed E-state index contributed by atoms with van der Waals surface area (Å²) in [6.45, 7) is 8.43. The van der Waals surface area contributed by atoms with Crippen molar-refractivity contribution < 1.29 is 9.47 Å². The highest BCUT2D eigenvalue weighted by molar-refractivity contribution is 5.64. The van der Waals surface area contributed by atoms with Crippen molar-refractivity contribution in [2.24, 2.45) is 0 Å². The topological polar surface area (TPSA) is 18.5 Å². The van der Waals surface area contributed by atoms with Crippen molar-refractivity contribution in [3.05, 3.63) is 54.1 Å². The average Bonchev–Trinajstić information content (AvgIpc) is 3.00. The zero-order valence-corrected chi connectivity index (χ0v) is 27.3. The molecular formula is C39H64O2. The van der Waals surface area contributed by atoms with Crippen molar-refractivity contribution >= 4 is 0 Å². The minimum Gasteiger partial charge on any atom is -0.494 e. The third kappa shape index (κ3) is 17.7. The van der Waals surface area contributed by atoms with Gasteiger partial charge in [0.15, 0.2) is 0 Å². The van der Waals surface area contributed by atoms with Gasteiger partial charge in [-0.1, -0.05) is 172 Å². The van der Waals surface area contributed by atoms with Gasteiger partial charge in [0, 0.05) is 6.61 Å². The molecule has 0 heterocycles. The van der Waals surface area contributed by atoms with Crippen molar-refractivity contribution in [1.82, 2.24) is 0 Å². The molecule has 2 aromatic carbocycles. The first-order valence-corrected chi connectivity index (χ1v) is 17.7. The summed E-state index contributed by atoms with van der Waals surface area (Å²) < 4.78 is 12.1. The lowest BCUT2D eigenvalue weighted by Gasteiger charge is -2.14. The Labute approximate surface area is 255 Å². The van der Waals surface area contributed by atoms with Gasteiger partial charge in [0.1, 0.15) is 5.75 Å². The number of hydrogen-bond donors (Lipinski definition) is 0. The summed E-state index contributed by atoms with van der Waals surface area (Å²) in [4.78, 5) is 0. The molecule has 2 rings (SSSR count). The fourth-order valence-electron chi connectivity index (χ4n) is 5.59. The van der Waals surface area contributed by atoms with Crippen molar-refractivity contribution in [2.45, 2.75) is 162 Å². The maximum Gasteiger partial charge on any atom is 0.119 e. The van der Waals surface area contributed by atoms with Crippen LogP contribution < -0.4 is 4.74 Å². The Bertz CT molecular complexity index is 826. The zero-order valence-electron chi connectivity index (χ0n) is 27.3. The van der Waals surface area contributed by atoms with Crippen molar-refractivity contribution in [2.75, 3.05) is 13.2 Å². The third-order valence-corrected chi connectivity index (χ3v) is 8.45. The fraction of sp³-hybridized carbons (Fsp3) is 0.692. The van der Waals surface area contributed by atoms with Gasteiger partial charge in [-0.15, -0.1) is 0 Å². The molecule has 0 radical (unpaired) electrons. The molecule has 0 N–H and O–H groups in total. The molecule has 0 saturated heterocycles. The lowest BCUT2D eigenvalue weighted by Crippen LogP contribution is -2.01. The molecule has 0 aromatic heterocycles.